The van der Waals surface area contributed by atoms with E-state index in [-0.39, 0.29) is 18.2 Å². The van der Waals surface area contributed by atoms with Crippen LogP contribution in [0.3, 0.4) is 0 Å². The van der Waals surface area contributed by atoms with Crippen LogP contribution in [0, 0.1) is 0 Å². The summed E-state index contributed by atoms with van der Waals surface area (Å²) < 4.78 is 1.90. The average Bonchev–Trinajstić information content (AvgIpc) is 3.17. The highest BCUT2D eigenvalue weighted by molar-refractivity contribution is 6.30. The van der Waals surface area contributed by atoms with Gasteiger partial charge >= 0.3 is 0 Å². The highest BCUT2D eigenvalue weighted by atomic mass is 35.5. The Morgan fingerprint density at radius 2 is 1.93 bits per heavy atom. The van der Waals surface area contributed by atoms with Crippen LogP contribution in [0.4, 0.5) is 11.6 Å². The van der Waals surface area contributed by atoms with Crippen molar-refractivity contribution in [2.75, 3.05) is 16.8 Å². The number of amides is 2. The van der Waals surface area contributed by atoms with Gasteiger partial charge < -0.3 is 5.32 Å². The monoisotopic (exact) mass is 396 g/mol. The van der Waals surface area contributed by atoms with Crippen LogP contribution in [0.1, 0.15) is 32.2 Å². The van der Waals surface area contributed by atoms with E-state index in [9.17, 15) is 9.59 Å². The fourth-order valence-electron chi connectivity index (χ4n) is 3.54. The van der Waals surface area contributed by atoms with E-state index in [1.165, 1.54) is 0 Å². The van der Waals surface area contributed by atoms with Crippen LogP contribution in [0.2, 0.25) is 5.02 Å². The summed E-state index contributed by atoms with van der Waals surface area (Å²) in [7, 11) is 0. The zero-order chi connectivity index (χ0) is 19.7. The lowest BCUT2D eigenvalue weighted by Gasteiger charge is -2.15. The highest BCUT2D eigenvalue weighted by Gasteiger charge is 2.40. The third-order valence-electron chi connectivity index (χ3n) is 4.92. The third-order valence-corrected chi connectivity index (χ3v) is 5.18. The van der Waals surface area contributed by atoms with E-state index in [1.807, 2.05) is 28.8 Å². The maximum atomic E-state index is 13.1. The van der Waals surface area contributed by atoms with Crippen molar-refractivity contribution in [2.45, 2.75) is 32.2 Å². The Hall–Kier alpha value is -2.86. The van der Waals surface area contributed by atoms with Crippen LogP contribution in [-0.4, -0.2) is 27.9 Å². The Balaban J connectivity index is 1.62. The third kappa shape index (κ3) is 3.36. The van der Waals surface area contributed by atoms with Gasteiger partial charge in [-0.1, -0.05) is 37.1 Å². The molecule has 4 rings (SSSR count). The van der Waals surface area contributed by atoms with Gasteiger partial charge in [0, 0.05) is 17.3 Å². The van der Waals surface area contributed by atoms with Crippen molar-refractivity contribution in [3.63, 3.8) is 0 Å². The van der Waals surface area contributed by atoms with Crippen molar-refractivity contribution < 1.29 is 9.59 Å². The molecule has 0 fully saturated rings. The Kier molecular flexibility index (Phi) is 5.05. The number of aromatic nitrogens is 2. The van der Waals surface area contributed by atoms with Gasteiger partial charge in [0.2, 0.25) is 11.9 Å². The maximum absolute atomic E-state index is 13.1. The number of hydrogen-bond acceptors (Lipinski definition) is 3. The summed E-state index contributed by atoms with van der Waals surface area (Å²) in [5, 5.41) is 3.45. The Bertz CT molecular complexity index is 1030. The normalized spacial score (nSPS) is 15.9. The zero-order valence-corrected chi connectivity index (χ0v) is 16.3. The van der Waals surface area contributed by atoms with Gasteiger partial charge in [0.05, 0.1) is 17.5 Å². The molecule has 0 aliphatic carbocycles. The van der Waals surface area contributed by atoms with Crippen LogP contribution in [0.15, 0.2) is 48.5 Å². The standard InChI is InChI=1S/C21H21ClN4O2/c1-2-3-12-25-20(28)18(13-19(27)23-15-10-8-14(22)9-11-15)26-17-7-5-4-6-16(17)24-21(25)26/h4-11,18H,2-3,12-13H2,1H3,(H,23,27). The fraction of sp³-hybridized carbons (Fsp3) is 0.286. The summed E-state index contributed by atoms with van der Waals surface area (Å²) in [5.41, 5.74) is 2.35. The number of hydrogen-bond donors (Lipinski definition) is 1. The number of nitrogens with one attached hydrogen (secondary N) is 1. The molecule has 0 saturated heterocycles. The van der Waals surface area contributed by atoms with Gasteiger partial charge in [0.25, 0.3) is 5.91 Å². The van der Waals surface area contributed by atoms with Gasteiger partial charge in [-0.25, -0.2) is 4.98 Å². The van der Waals surface area contributed by atoms with Crippen molar-refractivity contribution in [3.05, 3.63) is 53.6 Å². The molecule has 1 atom stereocenters. The molecule has 0 spiro atoms. The molecule has 1 aliphatic rings. The van der Waals surface area contributed by atoms with Crippen LogP contribution in [0.25, 0.3) is 11.0 Å². The first-order chi connectivity index (χ1) is 13.6. The number of fused-ring (bicyclic) bond motifs is 3. The molecule has 0 saturated carbocycles. The molecule has 7 heteroatoms. The maximum Gasteiger partial charge on any atom is 0.253 e. The minimum atomic E-state index is -0.591. The number of imidazole rings is 1. The second-order valence-corrected chi connectivity index (χ2v) is 7.33. The van der Waals surface area contributed by atoms with Gasteiger partial charge in [-0.05, 0) is 42.8 Å². The van der Waals surface area contributed by atoms with Crippen LogP contribution < -0.4 is 10.2 Å². The van der Waals surface area contributed by atoms with Crippen LogP contribution in [0.5, 0.6) is 0 Å². The molecule has 1 unspecified atom stereocenters. The SMILES string of the molecule is CCCCN1C(=O)C(CC(=O)Nc2ccc(Cl)cc2)n2c1nc1ccccc12. The summed E-state index contributed by atoms with van der Waals surface area (Å²) in [6.07, 6.45) is 1.92. The molecule has 0 bridgehead atoms. The van der Waals surface area contributed by atoms with Gasteiger partial charge in [-0.2, -0.15) is 0 Å². The predicted octanol–water partition coefficient (Wildman–Crippen LogP) is 4.41. The molecule has 2 heterocycles. The summed E-state index contributed by atoms with van der Waals surface area (Å²) in [5.74, 6) is 0.332. The van der Waals surface area contributed by atoms with E-state index < -0.39 is 6.04 Å². The lowest BCUT2D eigenvalue weighted by atomic mass is 10.1. The number of rotatable bonds is 6. The number of unbranched alkanes of at least 4 members (excludes halogenated alkanes) is 1. The van der Waals surface area contributed by atoms with E-state index in [1.54, 1.807) is 29.2 Å². The number of anilines is 2. The molecule has 1 aliphatic heterocycles. The zero-order valence-electron chi connectivity index (χ0n) is 15.6. The molecular weight excluding hydrogens is 376 g/mol. The van der Waals surface area contributed by atoms with E-state index in [0.29, 0.717) is 23.2 Å². The van der Waals surface area contributed by atoms with Gasteiger partial charge in [-0.3, -0.25) is 19.1 Å². The Labute approximate surface area is 168 Å². The van der Waals surface area contributed by atoms with Crippen molar-refractivity contribution in [3.8, 4) is 0 Å². The predicted molar refractivity (Wildman–Crippen MR) is 111 cm³/mol. The Morgan fingerprint density at radius 1 is 1.18 bits per heavy atom. The van der Waals surface area contributed by atoms with Crippen molar-refractivity contribution >= 4 is 46.1 Å². The average molecular weight is 397 g/mol. The van der Waals surface area contributed by atoms with Crippen molar-refractivity contribution in [1.82, 2.24) is 9.55 Å². The van der Waals surface area contributed by atoms with E-state index >= 15 is 0 Å². The second-order valence-electron chi connectivity index (χ2n) is 6.89. The molecule has 6 nitrogen and oxygen atoms in total. The summed E-state index contributed by atoms with van der Waals surface area (Å²) in [4.78, 5) is 32.1. The number of halogens is 1. The van der Waals surface area contributed by atoms with E-state index in [0.717, 1.165) is 23.9 Å². The highest BCUT2D eigenvalue weighted by Crippen LogP contribution is 2.36. The summed E-state index contributed by atoms with van der Waals surface area (Å²) >= 11 is 5.89. The lowest BCUT2D eigenvalue weighted by molar-refractivity contribution is -0.124. The first-order valence-electron chi connectivity index (χ1n) is 9.42. The molecule has 2 aromatic carbocycles. The first kappa shape index (κ1) is 18.5. The van der Waals surface area contributed by atoms with Crippen molar-refractivity contribution in [1.29, 1.82) is 0 Å². The van der Waals surface area contributed by atoms with E-state index in [4.69, 9.17) is 11.6 Å². The molecule has 1 N–H and O–H groups in total. The largest absolute Gasteiger partial charge is 0.326 e. The molecular formula is C21H21ClN4O2. The first-order valence-corrected chi connectivity index (χ1v) is 9.80. The minimum absolute atomic E-state index is 0.0530. The number of nitrogens with zero attached hydrogens (tertiary/aromatic N) is 3. The van der Waals surface area contributed by atoms with Crippen LogP contribution >= 0.6 is 11.6 Å². The molecule has 0 radical (unpaired) electrons. The molecule has 144 valence electrons. The molecule has 2 amide bonds. The second kappa shape index (κ2) is 7.64. The molecule has 28 heavy (non-hydrogen) atoms. The van der Waals surface area contributed by atoms with E-state index in [2.05, 4.69) is 17.2 Å². The number of carbonyl (C=O) groups is 2. The molecule has 1 aromatic heterocycles. The van der Waals surface area contributed by atoms with Gasteiger partial charge in [0.1, 0.15) is 6.04 Å². The van der Waals surface area contributed by atoms with Crippen molar-refractivity contribution in [2.24, 2.45) is 0 Å². The minimum Gasteiger partial charge on any atom is -0.326 e. The lowest BCUT2D eigenvalue weighted by Crippen LogP contribution is -2.32. The summed E-state index contributed by atoms with van der Waals surface area (Å²) in [6, 6.07) is 14.0. The number of benzene rings is 2. The fourth-order valence-corrected chi connectivity index (χ4v) is 3.67. The van der Waals surface area contributed by atoms with Gasteiger partial charge in [0.15, 0.2) is 0 Å². The molecule has 3 aromatic rings. The van der Waals surface area contributed by atoms with Gasteiger partial charge in [-0.15, -0.1) is 0 Å². The topological polar surface area (TPSA) is 67.2 Å². The quantitative estimate of drug-likeness (QED) is 0.671. The number of para-hydroxylation sites is 2. The smallest absolute Gasteiger partial charge is 0.253 e. The van der Waals surface area contributed by atoms with Crippen LogP contribution in [-0.2, 0) is 9.59 Å². The number of carbonyl (C=O) groups excluding carboxylic acids is 2. The Morgan fingerprint density at radius 3 is 2.68 bits per heavy atom. The summed E-state index contributed by atoms with van der Waals surface area (Å²) in [6.45, 7) is 2.69.